The lowest BCUT2D eigenvalue weighted by molar-refractivity contribution is 0.0999. The van der Waals surface area contributed by atoms with Crippen LogP contribution in [0.25, 0.3) is 11.1 Å². The molecule has 18 heavy (non-hydrogen) atoms. The number of rotatable bonds is 3. The maximum Gasteiger partial charge on any atom is 0.249 e. The summed E-state index contributed by atoms with van der Waals surface area (Å²) in [5.41, 5.74) is 12.6. The minimum atomic E-state index is -0.586. The summed E-state index contributed by atoms with van der Waals surface area (Å²) >= 11 is 0. The maximum absolute atomic E-state index is 11.4. The molecule has 0 atom stereocenters. The number of carbonyl (C=O) groups excluding carboxylic acids is 2. The number of amides is 2. The van der Waals surface area contributed by atoms with Crippen molar-refractivity contribution in [3.8, 4) is 11.1 Å². The van der Waals surface area contributed by atoms with Crippen molar-refractivity contribution >= 4 is 11.8 Å². The van der Waals surface area contributed by atoms with Gasteiger partial charge < -0.3 is 11.5 Å². The van der Waals surface area contributed by atoms with E-state index < -0.39 is 11.8 Å². The summed E-state index contributed by atoms with van der Waals surface area (Å²) in [7, 11) is 0. The Bertz CT molecular complexity index is 606. The van der Waals surface area contributed by atoms with Crippen LogP contribution in [0.2, 0.25) is 0 Å². The van der Waals surface area contributed by atoms with Crippen LogP contribution in [-0.2, 0) is 0 Å². The molecule has 0 heterocycles. The number of hydrogen-bond donors (Lipinski definition) is 2. The van der Waals surface area contributed by atoms with Crippen LogP contribution in [0, 0.1) is 0 Å². The minimum Gasteiger partial charge on any atom is -0.366 e. The quantitative estimate of drug-likeness (QED) is 0.852. The number of nitrogens with two attached hydrogens (primary N) is 2. The van der Waals surface area contributed by atoms with Crippen molar-refractivity contribution < 1.29 is 9.59 Å². The van der Waals surface area contributed by atoms with Crippen LogP contribution in [0.5, 0.6) is 0 Å². The molecule has 0 saturated heterocycles. The molecule has 0 radical (unpaired) electrons. The van der Waals surface area contributed by atoms with E-state index in [0.29, 0.717) is 5.56 Å². The van der Waals surface area contributed by atoms with Crippen molar-refractivity contribution in [3.63, 3.8) is 0 Å². The van der Waals surface area contributed by atoms with E-state index in [9.17, 15) is 9.59 Å². The van der Waals surface area contributed by atoms with Crippen LogP contribution in [0.4, 0.5) is 0 Å². The standard InChI is InChI=1S/C14H12N2O2/c15-13(17)10-6-7-11(12(8-10)14(16)18)9-4-2-1-3-5-9/h1-8H,(H2,15,17)(H2,16,18). The lowest BCUT2D eigenvalue weighted by Crippen LogP contribution is -2.16. The molecule has 2 aromatic rings. The number of benzene rings is 2. The Labute approximate surface area is 104 Å². The monoisotopic (exact) mass is 240 g/mol. The van der Waals surface area contributed by atoms with Gasteiger partial charge in [0.1, 0.15) is 0 Å². The van der Waals surface area contributed by atoms with Gasteiger partial charge in [-0.2, -0.15) is 0 Å². The van der Waals surface area contributed by atoms with Crippen molar-refractivity contribution in [2.24, 2.45) is 11.5 Å². The van der Waals surface area contributed by atoms with Gasteiger partial charge in [-0.15, -0.1) is 0 Å². The third-order valence-corrected chi connectivity index (χ3v) is 2.65. The molecule has 0 aromatic heterocycles. The molecule has 2 aromatic carbocycles. The molecule has 0 aliphatic rings. The predicted molar refractivity (Wildman–Crippen MR) is 68.9 cm³/mol. The highest BCUT2D eigenvalue weighted by molar-refractivity contribution is 6.03. The van der Waals surface area contributed by atoms with Gasteiger partial charge in [0.05, 0.1) is 0 Å². The Balaban J connectivity index is 2.61. The van der Waals surface area contributed by atoms with E-state index in [4.69, 9.17) is 11.5 Å². The molecule has 0 spiro atoms. The number of primary amides is 2. The van der Waals surface area contributed by atoms with Gasteiger partial charge in [0, 0.05) is 11.1 Å². The van der Waals surface area contributed by atoms with Gasteiger partial charge in [-0.25, -0.2) is 0 Å². The zero-order chi connectivity index (χ0) is 13.1. The molecule has 2 amide bonds. The predicted octanol–water partition coefficient (Wildman–Crippen LogP) is 1.55. The van der Waals surface area contributed by atoms with Crippen LogP contribution >= 0.6 is 0 Å². The molecule has 0 fully saturated rings. The number of carbonyl (C=O) groups is 2. The van der Waals surface area contributed by atoms with Crippen molar-refractivity contribution in [2.45, 2.75) is 0 Å². The van der Waals surface area contributed by atoms with E-state index >= 15 is 0 Å². The van der Waals surface area contributed by atoms with E-state index in [1.807, 2.05) is 30.3 Å². The second-order valence-corrected chi connectivity index (χ2v) is 3.85. The first kappa shape index (κ1) is 11.9. The molecular weight excluding hydrogens is 228 g/mol. The molecule has 0 aliphatic carbocycles. The topological polar surface area (TPSA) is 86.2 Å². The summed E-state index contributed by atoms with van der Waals surface area (Å²) in [6.07, 6.45) is 0. The van der Waals surface area contributed by atoms with Crippen molar-refractivity contribution in [1.29, 1.82) is 0 Å². The fraction of sp³-hybridized carbons (Fsp3) is 0. The highest BCUT2D eigenvalue weighted by atomic mass is 16.1. The van der Waals surface area contributed by atoms with Crippen molar-refractivity contribution in [1.82, 2.24) is 0 Å². The minimum absolute atomic E-state index is 0.267. The average Bonchev–Trinajstić information content (AvgIpc) is 2.39. The third-order valence-electron chi connectivity index (χ3n) is 2.65. The van der Waals surface area contributed by atoms with E-state index in [1.165, 1.54) is 6.07 Å². The lowest BCUT2D eigenvalue weighted by atomic mass is 9.97. The van der Waals surface area contributed by atoms with Gasteiger partial charge in [0.25, 0.3) is 0 Å². The van der Waals surface area contributed by atoms with E-state index in [2.05, 4.69) is 0 Å². The molecule has 0 unspecified atom stereocenters. The van der Waals surface area contributed by atoms with Gasteiger partial charge in [0.2, 0.25) is 11.8 Å². The van der Waals surface area contributed by atoms with E-state index in [1.54, 1.807) is 12.1 Å². The first-order valence-electron chi connectivity index (χ1n) is 5.38. The van der Waals surface area contributed by atoms with E-state index in [-0.39, 0.29) is 11.1 Å². The van der Waals surface area contributed by atoms with Gasteiger partial charge in [-0.3, -0.25) is 9.59 Å². The van der Waals surface area contributed by atoms with Crippen LogP contribution in [0.1, 0.15) is 20.7 Å². The largest absolute Gasteiger partial charge is 0.366 e. The second-order valence-electron chi connectivity index (χ2n) is 3.85. The molecule has 4 nitrogen and oxygen atoms in total. The Morgan fingerprint density at radius 2 is 1.50 bits per heavy atom. The zero-order valence-corrected chi connectivity index (χ0v) is 9.59. The van der Waals surface area contributed by atoms with Gasteiger partial charge in [-0.05, 0) is 23.3 Å². The van der Waals surface area contributed by atoms with Crippen molar-refractivity contribution in [3.05, 3.63) is 59.7 Å². The maximum atomic E-state index is 11.4. The molecule has 90 valence electrons. The molecule has 4 N–H and O–H groups in total. The fourth-order valence-electron chi connectivity index (χ4n) is 1.77. The SMILES string of the molecule is NC(=O)c1ccc(-c2ccccc2)c(C(N)=O)c1. The molecule has 2 rings (SSSR count). The Hall–Kier alpha value is -2.62. The third kappa shape index (κ3) is 2.22. The van der Waals surface area contributed by atoms with Gasteiger partial charge in [0.15, 0.2) is 0 Å². The molecule has 0 bridgehead atoms. The molecule has 0 aliphatic heterocycles. The normalized spacial score (nSPS) is 10.0. The molecular formula is C14H12N2O2. The van der Waals surface area contributed by atoms with Crippen LogP contribution in [0.3, 0.4) is 0 Å². The second kappa shape index (κ2) is 4.71. The summed E-state index contributed by atoms with van der Waals surface area (Å²) in [4.78, 5) is 22.5. The van der Waals surface area contributed by atoms with Crippen LogP contribution in [0.15, 0.2) is 48.5 Å². The average molecular weight is 240 g/mol. The first-order chi connectivity index (χ1) is 8.59. The van der Waals surface area contributed by atoms with Crippen LogP contribution in [-0.4, -0.2) is 11.8 Å². The van der Waals surface area contributed by atoms with Gasteiger partial charge in [-0.1, -0.05) is 36.4 Å². The van der Waals surface area contributed by atoms with Crippen molar-refractivity contribution in [2.75, 3.05) is 0 Å². The Morgan fingerprint density at radius 3 is 2.06 bits per heavy atom. The summed E-state index contributed by atoms with van der Waals surface area (Å²) < 4.78 is 0. The zero-order valence-electron chi connectivity index (χ0n) is 9.59. The first-order valence-corrected chi connectivity index (χ1v) is 5.38. The highest BCUT2D eigenvalue weighted by Crippen LogP contribution is 2.24. The molecule has 4 heteroatoms. The summed E-state index contributed by atoms with van der Waals surface area (Å²) in [6.45, 7) is 0. The Kier molecular flexibility index (Phi) is 3.10. The van der Waals surface area contributed by atoms with E-state index in [0.717, 1.165) is 5.56 Å². The molecule has 0 saturated carbocycles. The fourth-order valence-corrected chi connectivity index (χ4v) is 1.77. The Morgan fingerprint density at radius 1 is 0.833 bits per heavy atom. The summed E-state index contributed by atoms with van der Waals surface area (Å²) in [5, 5.41) is 0. The lowest BCUT2D eigenvalue weighted by Gasteiger charge is -2.08. The smallest absolute Gasteiger partial charge is 0.249 e. The van der Waals surface area contributed by atoms with Crippen LogP contribution < -0.4 is 11.5 Å². The van der Waals surface area contributed by atoms with Gasteiger partial charge >= 0.3 is 0 Å². The highest BCUT2D eigenvalue weighted by Gasteiger charge is 2.12. The number of hydrogen-bond acceptors (Lipinski definition) is 2. The summed E-state index contributed by atoms with van der Waals surface area (Å²) in [5.74, 6) is -1.17. The summed E-state index contributed by atoms with van der Waals surface area (Å²) in [6, 6.07) is 14.0.